The highest BCUT2D eigenvalue weighted by Crippen LogP contribution is 2.31. The highest BCUT2D eigenvalue weighted by Gasteiger charge is 2.10. The molecular weight excluding hydrogens is 238 g/mol. The van der Waals surface area contributed by atoms with Gasteiger partial charge in [-0.1, -0.05) is 26.0 Å². The fourth-order valence-corrected chi connectivity index (χ4v) is 1.93. The Morgan fingerprint density at radius 3 is 2.47 bits per heavy atom. The largest absolute Gasteiger partial charge is 0.439 e. The average molecular weight is 257 g/mol. The molecule has 0 amide bonds. The first kappa shape index (κ1) is 13.3. The van der Waals surface area contributed by atoms with Gasteiger partial charge in [0, 0.05) is 11.8 Å². The molecule has 0 unspecified atom stereocenters. The van der Waals surface area contributed by atoms with Crippen LogP contribution in [0.5, 0.6) is 11.6 Å². The quantitative estimate of drug-likeness (QED) is 0.912. The molecule has 4 heteroatoms. The van der Waals surface area contributed by atoms with Crippen LogP contribution in [-0.2, 0) is 0 Å². The maximum absolute atomic E-state index is 5.88. The molecule has 0 bridgehead atoms. The molecule has 0 atom stereocenters. The van der Waals surface area contributed by atoms with E-state index < -0.39 is 0 Å². The van der Waals surface area contributed by atoms with Crippen molar-refractivity contribution < 1.29 is 4.74 Å². The number of ether oxygens (including phenoxy) is 1. The van der Waals surface area contributed by atoms with Gasteiger partial charge in [0.2, 0.25) is 11.8 Å². The van der Waals surface area contributed by atoms with Gasteiger partial charge >= 0.3 is 0 Å². The van der Waals surface area contributed by atoms with Crippen LogP contribution in [-0.4, -0.2) is 9.97 Å². The zero-order valence-corrected chi connectivity index (χ0v) is 11.8. The zero-order chi connectivity index (χ0) is 14.0. The summed E-state index contributed by atoms with van der Waals surface area (Å²) < 4.78 is 5.88. The van der Waals surface area contributed by atoms with Crippen LogP contribution in [0.15, 0.2) is 24.3 Å². The first-order chi connectivity index (χ1) is 8.95. The molecule has 4 nitrogen and oxygen atoms in total. The number of aryl methyl sites for hydroxylation is 2. The predicted molar refractivity (Wildman–Crippen MR) is 76.5 cm³/mol. The van der Waals surface area contributed by atoms with Gasteiger partial charge in [-0.25, -0.2) is 4.98 Å². The average Bonchev–Trinajstić information content (AvgIpc) is 2.26. The Labute approximate surface area is 113 Å². The minimum absolute atomic E-state index is 0.230. The molecule has 0 saturated heterocycles. The number of nitrogens with two attached hydrogens (primary N) is 1. The summed E-state index contributed by atoms with van der Waals surface area (Å²) in [5, 5.41) is 0. The van der Waals surface area contributed by atoms with E-state index in [0.29, 0.717) is 11.8 Å². The summed E-state index contributed by atoms with van der Waals surface area (Å²) in [6.07, 6.45) is 0. The Balaban J connectivity index is 2.39. The van der Waals surface area contributed by atoms with Crippen molar-refractivity contribution >= 4 is 5.95 Å². The van der Waals surface area contributed by atoms with E-state index in [1.54, 1.807) is 6.07 Å². The molecule has 2 rings (SSSR count). The van der Waals surface area contributed by atoms with Crippen LogP contribution >= 0.6 is 0 Å². The van der Waals surface area contributed by atoms with Gasteiger partial charge in [-0.2, -0.15) is 4.98 Å². The number of benzene rings is 1. The summed E-state index contributed by atoms with van der Waals surface area (Å²) >= 11 is 0. The van der Waals surface area contributed by atoms with Crippen LogP contribution in [0.4, 0.5) is 5.95 Å². The van der Waals surface area contributed by atoms with E-state index >= 15 is 0 Å². The predicted octanol–water partition coefficient (Wildman–Crippen LogP) is 3.59. The third-order valence-corrected chi connectivity index (χ3v) is 2.85. The molecule has 1 aromatic carbocycles. The smallest absolute Gasteiger partial charge is 0.224 e. The van der Waals surface area contributed by atoms with Gasteiger partial charge in [0.1, 0.15) is 5.75 Å². The van der Waals surface area contributed by atoms with Crippen LogP contribution in [0, 0.1) is 13.8 Å². The van der Waals surface area contributed by atoms with Crippen molar-refractivity contribution in [2.75, 3.05) is 5.73 Å². The van der Waals surface area contributed by atoms with Gasteiger partial charge in [0.05, 0.1) is 0 Å². The number of hydrogen-bond donors (Lipinski definition) is 1. The molecule has 2 aromatic rings. The molecule has 100 valence electrons. The van der Waals surface area contributed by atoms with Crippen molar-refractivity contribution in [2.24, 2.45) is 0 Å². The van der Waals surface area contributed by atoms with Crippen LogP contribution < -0.4 is 10.5 Å². The molecule has 0 saturated carbocycles. The molecule has 0 spiro atoms. The number of rotatable bonds is 3. The van der Waals surface area contributed by atoms with Crippen molar-refractivity contribution in [3.8, 4) is 11.6 Å². The Bertz CT molecular complexity index is 574. The minimum atomic E-state index is 0.230. The molecule has 0 radical (unpaired) electrons. The monoisotopic (exact) mass is 257 g/mol. The van der Waals surface area contributed by atoms with E-state index in [1.807, 2.05) is 19.9 Å². The summed E-state index contributed by atoms with van der Waals surface area (Å²) in [6, 6.07) is 7.97. The van der Waals surface area contributed by atoms with Gasteiger partial charge in [0.25, 0.3) is 0 Å². The number of nitrogen functional groups attached to an aromatic ring is 1. The van der Waals surface area contributed by atoms with E-state index in [-0.39, 0.29) is 5.95 Å². The molecule has 0 aliphatic carbocycles. The summed E-state index contributed by atoms with van der Waals surface area (Å²) in [7, 11) is 0. The fourth-order valence-electron chi connectivity index (χ4n) is 1.93. The Morgan fingerprint density at radius 2 is 1.84 bits per heavy atom. The van der Waals surface area contributed by atoms with E-state index in [4.69, 9.17) is 10.5 Å². The van der Waals surface area contributed by atoms with Crippen molar-refractivity contribution in [1.29, 1.82) is 0 Å². The Kier molecular flexibility index (Phi) is 3.69. The fraction of sp³-hybridized carbons (Fsp3) is 0.333. The first-order valence-electron chi connectivity index (χ1n) is 6.35. The van der Waals surface area contributed by atoms with Crippen molar-refractivity contribution in [1.82, 2.24) is 9.97 Å². The van der Waals surface area contributed by atoms with E-state index in [1.165, 1.54) is 0 Å². The van der Waals surface area contributed by atoms with Gasteiger partial charge in [-0.15, -0.1) is 0 Å². The van der Waals surface area contributed by atoms with Crippen molar-refractivity contribution in [2.45, 2.75) is 33.6 Å². The molecule has 2 N–H and O–H groups in total. The van der Waals surface area contributed by atoms with E-state index in [9.17, 15) is 0 Å². The Hall–Kier alpha value is -2.10. The number of hydrogen-bond acceptors (Lipinski definition) is 4. The maximum atomic E-state index is 5.88. The molecule has 0 aliphatic rings. The zero-order valence-electron chi connectivity index (χ0n) is 11.8. The lowest BCUT2D eigenvalue weighted by Gasteiger charge is -2.14. The second-order valence-corrected chi connectivity index (χ2v) is 5.00. The number of aromatic nitrogens is 2. The van der Waals surface area contributed by atoms with Crippen molar-refractivity contribution in [3.05, 3.63) is 41.1 Å². The van der Waals surface area contributed by atoms with Crippen LogP contribution in [0.1, 0.15) is 36.6 Å². The van der Waals surface area contributed by atoms with Gasteiger partial charge in [-0.3, -0.25) is 0 Å². The van der Waals surface area contributed by atoms with Crippen LogP contribution in [0.25, 0.3) is 0 Å². The van der Waals surface area contributed by atoms with E-state index in [2.05, 4.69) is 35.9 Å². The van der Waals surface area contributed by atoms with Gasteiger partial charge in [0.15, 0.2) is 0 Å². The maximum Gasteiger partial charge on any atom is 0.224 e. The SMILES string of the molecule is Cc1ccc(C(C)C)c(Oc2cc(C)nc(N)n2)c1. The summed E-state index contributed by atoms with van der Waals surface area (Å²) in [6.45, 7) is 8.18. The topological polar surface area (TPSA) is 61.0 Å². The van der Waals surface area contributed by atoms with Gasteiger partial charge in [-0.05, 0) is 37.0 Å². The number of anilines is 1. The lowest BCUT2D eigenvalue weighted by atomic mass is 10.0. The highest BCUT2D eigenvalue weighted by molar-refractivity contribution is 5.41. The molecule has 1 heterocycles. The first-order valence-corrected chi connectivity index (χ1v) is 6.35. The van der Waals surface area contributed by atoms with Gasteiger partial charge < -0.3 is 10.5 Å². The normalized spacial score (nSPS) is 10.8. The highest BCUT2D eigenvalue weighted by atomic mass is 16.5. The molecule has 0 aliphatic heterocycles. The van der Waals surface area contributed by atoms with E-state index in [0.717, 1.165) is 22.6 Å². The third-order valence-electron chi connectivity index (χ3n) is 2.85. The summed E-state index contributed by atoms with van der Waals surface area (Å²) in [4.78, 5) is 8.14. The minimum Gasteiger partial charge on any atom is -0.439 e. The second kappa shape index (κ2) is 5.26. The standard InChI is InChI=1S/C15H19N3O/c1-9(2)12-6-5-10(3)7-13(12)19-14-8-11(4)17-15(16)18-14/h5-9H,1-4H3,(H2,16,17,18). The lowest BCUT2D eigenvalue weighted by molar-refractivity contribution is 0.453. The lowest BCUT2D eigenvalue weighted by Crippen LogP contribution is -2.00. The Morgan fingerprint density at radius 1 is 1.11 bits per heavy atom. The third kappa shape index (κ3) is 3.22. The van der Waals surface area contributed by atoms with Crippen LogP contribution in [0.3, 0.4) is 0 Å². The molecular formula is C15H19N3O. The summed E-state index contributed by atoms with van der Waals surface area (Å²) in [5.41, 5.74) is 8.74. The molecule has 0 fully saturated rings. The second-order valence-electron chi connectivity index (χ2n) is 5.00. The number of nitrogens with zero attached hydrogens (tertiary/aromatic N) is 2. The summed E-state index contributed by atoms with van der Waals surface area (Å²) in [5.74, 6) is 1.93. The molecule has 1 aromatic heterocycles. The molecule has 19 heavy (non-hydrogen) atoms. The van der Waals surface area contributed by atoms with Crippen molar-refractivity contribution in [3.63, 3.8) is 0 Å². The van der Waals surface area contributed by atoms with Crippen LogP contribution in [0.2, 0.25) is 0 Å².